The Morgan fingerprint density at radius 2 is 2.44 bits per heavy atom. The smallest absolute Gasteiger partial charge is 0.272 e. The molecule has 5 heteroatoms. The van der Waals surface area contributed by atoms with Gasteiger partial charge in [-0.25, -0.2) is 4.98 Å². The van der Waals surface area contributed by atoms with Gasteiger partial charge in [0, 0.05) is 19.3 Å². The number of pyridine rings is 1. The SMILES string of the molecule is N#Cc1ccc(C(=O)N2CCCC(CN)C2)nc1. The first kappa shape index (κ1) is 12.5. The molecule has 2 N–H and O–H groups in total. The van der Waals surface area contributed by atoms with E-state index in [0.29, 0.717) is 30.3 Å². The summed E-state index contributed by atoms with van der Waals surface area (Å²) in [4.78, 5) is 18.0. The molecular formula is C13H16N4O. The van der Waals surface area contributed by atoms with Gasteiger partial charge in [-0.05, 0) is 37.4 Å². The van der Waals surface area contributed by atoms with Crippen molar-refractivity contribution in [3.63, 3.8) is 0 Å². The van der Waals surface area contributed by atoms with Crippen LogP contribution < -0.4 is 5.73 Å². The highest BCUT2D eigenvalue weighted by Gasteiger charge is 2.24. The van der Waals surface area contributed by atoms with E-state index in [9.17, 15) is 4.79 Å². The number of nitrogens with two attached hydrogens (primary N) is 1. The lowest BCUT2D eigenvalue weighted by atomic mass is 9.98. The van der Waals surface area contributed by atoms with Crippen LogP contribution in [0.5, 0.6) is 0 Å². The summed E-state index contributed by atoms with van der Waals surface area (Å²) in [6.07, 6.45) is 3.50. The van der Waals surface area contributed by atoms with Crippen molar-refractivity contribution in [1.82, 2.24) is 9.88 Å². The molecule has 0 radical (unpaired) electrons. The van der Waals surface area contributed by atoms with Gasteiger partial charge in [0.2, 0.25) is 0 Å². The van der Waals surface area contributed by atoms with Crippen LogP contribution in [-0.4, -0.2) is 35.4 Å². The Labute approximate surface area is 106 Å². The number of piperidine rings is 1. The highest BCUT2D eigenvalue weighted by Crippen LogP contribution is 2.17. The fourth-order valence-corrected chi connectivity index (χ4v) is 2.19. The molecule has 18 heavy (non-hydrogen) atoms. The maximum atomic E-state index is 12.2. The molecule has 0 bridgehead atoms. The van der Waals surface area contributed by atoms with Crippen molar-refractivity contribution in [3.05, 3.63) is 29.6 Å². The molecule has 1 atom stereocenters. The molecule has 1 fully saturated rings. The number of carbonyl (C=O) groups is 1. The van der Waals surface area contributed by atoms with E-state index in [2.05, 4.69) is 4.98 Å². The molecule has 1 aliphatic heterocycles. The molecule has 0 aliphatic carbocycles. The second-order valence-electron chi connectivity index (χ2n) is 4.54. The molecule has 0 aromatic carbocycles. The van der Waals surface area contributed by atoms with Crippen molar-refractivity contribution < 1.29 is 4.79 Å². The Morgan fingerprint density at radius 1 is 1.61 bits per heavy atom. The van der Waals surface area contributed by atoms with Crippen molar-refractivity contribution in [2.75, 3.05) is 19.6 Å². The summed E-state index contributed by atoms with van der Waals surface area (Å²) in [5.74, 6) is 0.318. The van der Waals surface area contributed by atoms with Crippen LogP contribution in [0.4, 0.5) is 0 Å². The van der Waals surface area contributed by atoms with Gasteiger partial charge in [0.25, 0.3) is 5.91 Å². The van der Waals surface area contributed by atoms with Gasteiger partial charge in [-0.2, -0.15) is 5.26 Å². The molecule has 0 spiro atoms. The van der Waals surface area contributed by atoms with Crippen molar-refractivity contribution in [3.8, 4) is 6.07 Å². The van der Waals surface area contributed by atoms with Gasteiger partial charge in [0.15, 0.2) is 0 Å². The molecule has 5 nitrogen and oxygen atoms in total. The number of carbonyl (C=O) groups excluding carboxylic acids is 1. The Morgan fingerprint density at radius 3 is 3.06 bits per heavy atom. The zero-order chi connectivity index (χ0) is 13.0. The van der Waals surface area contributed by atoms with E-state index in [1.54, 1.807) is 17.0 Å². The fraction of sp³-hybridized carbons (Fsp3) is 0.462. The molecule has 1 aliphatic rings. The van der Waals surface area contributed by atoms with E-state index in [1.807, 2.05) is 6.07 Å². The van der Waals surface area contributed by atoms with Crippen LogP contribution in [-0.2, 0) is 0 Å². The van der Waals surface area contributed by atoms with Gasteiger partial charge in [0.05, 0.1) is 5.56 Å². The minimum absolute atomic E-state index is 0.0716. The summed E-state index contributed by atoms with van der Waals surface area (Å²) in [5, 5.41) is 8.68. The van der Waals surface area contributed by atoms with Gasteiger partial charge in [-0.15, -0.1) is 0 Å². The van der Waals surface area contributed by atoms with Gasteiger partial charge < -0.3 is 10.6 Å². The number of hydrogen-bond donors (Lipinski definition) is 1. The minimum Gasteiger partial charge on any atom is -0.337 e. The first-order valence-corrected chi connectivity index (χ1v) is 6.10. The van der Waals surface area contributed by atoms with E-state index in [-0.39, 0.29) is 5.91 Å². The number of hydrogen-bond acceptors (Lipinski definition) is 4. The van der Waals surface area contributed by atoms with E-state index >= 15 is 0 Å². The van der Waals surface area contributed by atoms with E-state index < -0.39 is 0 Å². The van der Waals surface area contributed by atoms with Crippen LogP contribution in [0, 0.1) is 17.2 Å². The molecule has 1 amide bonds. The number of aromatic nitrogens is 1. The van der Waals surface area contributed by atoms with Crippen LogP contribution in [0.1, 0.15) is 28.9 Å². The Bertz CT molecular complexity index is 463. The van der Waals surface area contributed by atoms with Crippen LogP contribution in [0.3, 0.4) is 0 Å². The largest absolute Gasteiger partial charge is 0.337 e. The number of nitrogens with zero attached hydrogens (tertiary/aromatic N) is 3. The van der Waals surface area contributed by atoms with Gasteiger partial charge in [-0.3, -0.25) is 4.79 Å². The maximum absolute atomic E-state index is 12.2. The predicted octanol–water partition coefficient (Wildman–Crippen LogP) is 0.764. The molecule has 1 unspecified atom stereocenters. The third-order valence-electron chi connectivity index (χ3n) is 3.25. The lowest BCUT2D eigenvalue weighted by Crippen LogP contribution is -2.42. The standard InChI is InChI=1S/C13H16N4O/c14-6-10-3-4-12(16-8-10)13(18)17-5-1-2-11(7-15)9-17/h3-4,8,11H,1-2,5,7,9,15H2. The topological polar surface area (TPSA) is 83.0 Å². The highest BCUT2D eigenvalue weighted by molar-refractivity contribution is 5.92. The van der Waals surface area contributed by atoms with Gasteiger partial charge in [0.1, 0.15) is 11.8 Å². The minimum atomic E-state index is -0.0716. The summed E-state index contributed by atoms with van der Waals surface area (Å²) >= 11 is 0. The number of likely N-dealkylation sites (tertiary alicyclic amines) is 1. The Balaban J connectivity index is 2.08. The number of amides is 1. The van der Waals surface area contributed by atoms with Gasteiger partial charge in [-0.1, -0.05) is 0 Å². The summed E-state index contributed by atoms with van der Waals surface area (Å²) in [6, 6.07) is 5.20. The average molecular weight is 244 g/mol. The zero-order valence-electron chi connectivity index (χ0n) is 10.2. The molecule has 1 aromatic heterocycles. The third-order valence-corrected chi connectivity index (χ3v) is 3.25. The Kier molecular flexibility index (Phi) is 3.90. The predicted molar refractivity (Wildman–Crippen MR) is 66.6 cm³/mol. The van der Waals surface area contributed by atoms with E-state index in [0.717, 1.165) is 19.4 Å². The number of rotatable bonds is 2. The van der Waals surface area contributed by atoms with Crippen LogP contribution in [0.15, 0.2) is 18.3 Å². The monoisotopic (exact) mass is 244 g/mol. The second kappa shape index (κ2) is 5.61. The summed E-state index contributed by atoms with van der Waals surface area (Å²) in [6.45, 7) is 2.08. The van der Waals surface area contributed by atoms with Crippen LogP contribution in [0.25, 0.3) is 0 Å². The second-order valence-corrected chi connectivity index (χ2v) is 4.54. The van der Waals surface area contributed by atoms with Crippen molar-refractivity contribution in [2.45, 2.75) is 12.8 Å². The van der Waals surface area contributed by atoms with Crippen molar-refractivity contribution in [1.29, 1.82) is 5.26 Å². The van der Waals surface area contributed by atoms with Crippen LogP contribution in [0.2, 0.25) is 0 Å². The lowest BCUT2D eigenvalue weighted by molar-refractivity contribution is 0.0672. The molecule has 2 heterocycles. The first-order valence-electron chi connectivity index (χ1n) is 6.10. The normalized spacial score (nSPS) is 19.3. The zero-order valence-corrected chi connectivity index (χ0v) is 10.2. The quantitative estimate of drug-likeness (QED) is 0.832. The van der Waals surface area contributed by atoms with E-state index in [4.69, 9.17) is 11.0 Å². The van der Waals surface area contributed by atoms with Gasteiger partial charge >= 0.3 is 0 Å². The molecule has 2 rings (SSSR count). The fourth-order valence-electron chi connectivity index (χ4n) is 2.19. The number of nitriles is 1. The maximum Gasteiger partial charge on any atom is 0.272 e. The van der Waals surface area contributed by atoms with Crippen molar-refractivity contribution >= 4 is 5.91 Å². The first-order chi connectivity index (χ1) is 8.74. The van der Waals surface area contributed by atoms with Crippen LogP contribution >= 0.6 is 0 Å². The molecule has 94 valence electrons. The highest BCUT2D eigenvalue weighted by atomic mass is 16.2. The summed E-state index contributed by atoms with van der Waals surface area (Å²) < 4.78 is 0. The molecule has 1 saturated heterocycles. The molecule has 1 aromatic rings. The summed E-state index contributed by atoms with van der Waals surface area (Å²) in [7, 11) is 0. The molecule has 0 saturated carbocycles. The third kappa shape index (κ3) is 2.66. The van der Waals surface area contributed by atoms with E-state index in [1.165, 1.54) is 6.20 Å². The molecular weight excluding hydrogens is 228 g/mol. The summed E-state index contributed by atoms with van der Waals surface area (Å²) in [5.41, 5.74) is 6.51. The lowest BCUT2D eigenvalue weighted by Gasteiger charge is -2.31. The Hall–Kier alpha value is -1.93. The van der Waals surface area contributed by atoms with Crippen molar-refractivity contribution in [2.24, 2.45) is 11.7 Å². The average Bonchev–Trinajstić information content (AvgIpc) is 2.46.